The van der Waals surface area contributed by atoms with Crippen molar-refractivity contribution in [1.82, 2.24) is 15.2 Å². The monoisotopic (exact) mass is 389 g/mol. The van der Waals surface area contributed by atoms with Crippen LogP contribution in [0.2, 0.25) is 0 Å². The third kappa shape index (κ3) is 3.17. The minimum atomic E-state index is -4.34. The predicted octanol–water partition coefficient (Wildman–Crippen LogP) is 4.18. The standard InChI is InChI=1S/C21H22F3N3O/c1-27-18(7-10-20(27)9-2-11-26-19(20)28)17-13-15(8-12-25-17)14-3-5-16(6-4-14)21(22,23)24/h3-6,8,12-13,18H,2,7,9-11H2,1H3,(H,26,28)/t18-,20-/m0/s1. The second-order valence-corrected chi connectivity index (χ2v) is 7.60. The third-order valence-electron chi connectivity index (χ3n) is 6.12. The van der Waals surface area contributed by atoms with Gasteiger partial charge in [0, 0.05) is 12.7 Å². The van der Waals surface area contributed by atoms with Gasteiger partial charge in [-0.3, -0.25) is 14.7 Å². The lowest BCUT2D eigenvalue weighted by molar-refractivity contribution is -0.137. The van der Waals surface area contributed by atoms with Crippen LogP contribution in [0, 0.1) is 0 Å². The van der Waals surface area contributed by atoms with Crippen LogP contribution in [0.5, 0.6) is 0 Å². The van der Waals surface area contributed by atoms with Crippen LogP contribution in [-0.2, 0) is 11.0 Å². The normalized spacial score (nSPS) is 25.9. The SMILES string of the molecule is CN1[C@H](c2cc(-c3ccc(C(F)(F)F)cc3)ccn2)CC[C@]12CCCNC2=O. The lowest BCUT2D eigenvalue weighted by Gasteiger charge is -2.40. The van der Waals surface area contributed by atoms with E-state index in [4.69, 9.17) is 0 Å². The molecule has 1 aromatic heterocycles. The molecule has 3 heterocycles. The van der Waals surface area contributed by atoms with Gasteiger partial charge in [-0.1, -0.05) is 12.1 Å². The zero-order valence-electron chi connectivity index (χ0n) is 15.6. The molecule has 28 heavy (non-hydrogen) atoms. The van der Waals surface area contributed by atoms with E-state index in [2.05, 4.69) is 15.2 Å². The van der Waals surface area contributed by atoms with Gasteiger partial charge in [0.05, 0.1) is 17.3 Å². The van der Waals surface area contributed by atoms with Crippen molar-refractivity contribution in [3.63, 3.8) is 0 Å². The molecule has 4 rings (SSSR count). The second kappa shape index (κ2) is 6.88. The number of alkyl halides is 3. The van der Waals surface area contributed by atoms with Crippen molar-refractivity contribution in [1.29, 1.82) is 0 Å². The van der Waals surface area contributed by atoms with Crippen LogP contribution in [0.3, 0.4) is 0 Å². The van der Waals surface area contributed by atoms with Crippen LogP contribution in [0.4, 0.5) is 13.2 Å². The summed E-state index contributed by atoms with van der Waals surface area (Å²) in [7, 11) is 1.97. The van der Waals surface area contributed by atoms with E-state index < -0.39 is 17.3 Å². The lowest BCUT2D eigenvalue weighted by atomic mass is 9.87. The Morgan fingerprint density at radius 2 is 1.89 bits per heavy atom. The average Bonchev–Trinajstić information content (AvgIpc) is 3.01. The molecule has 2 saturated heterocycles. The quantitative estimate of drug-likeness (QED) is 0.838. The van der Waals surface area contributed by atoms with Gasteiger partial charge in [0.25, 0.3) is 0 Å². The number of aromatic nitrogens is 1. The summed E-state index contributed by atoms with van der Waals surface area (Å²) in [5.74, 6) is 0.0858. The molecule has 2 aliphatic heterocycles. The van der Waals surface area contributed by atoms with Crippen LogP contribution >= 0.6 is 0 Å². The average molecular weight is 389 g/mol. The van der Waals surface area contributed by atoms with Crippen molar-refractivity contribution in [3.05, 3.63) is 53.9 Å². The maximum Gasteiger partial charge on any atom is 0.416 e. The van der Waals surface area contributed by atoms with Gasteiger partial charge in [-0.2, -0.15) is 13.2 Å². The van der Waals surface area contributed by atoms with E-state index in [0.717, 1.165) is 55.6 Å². The first-order valence-corrected chi connectivity index (χ1v) is 9.46. The van der Waals surface area contributed by atoms with E-state index in [1.807, 2.05) is 13.1 Å². The molecule has 1 aromatic carbocycles. The Kier molecular flexibility index (Phi) is 4.65. The van der Waals surface area contributed by atoms with Crippen LogP contribution in [0.25, 0.3) is 11.1 Å². The van der Waals surface area contributed by atoms with Gasteiger partial charge >= 0.3 is 6.18 Å². The van der Waals surface area contributed by atoms with Gasteiger partial charge < -0.3 is 5.32 Å². The van der Waals surface area contributed by atoms with Crippen molar-refractivity contribution < 1.29 is 18.0 Å². The molecule has 0 radical (unpaired) electrons. The Morgan fingerprint density at radius 3 is 2.57 bits per heavy atom. The van der Waals surface area contributed by atoms with E-state index in [1.54, 1.807) is 12.3 Å². The Bertz CT molecular complexity index is 881. The van der Waals surface area contributed by atoms with Gasteiger partial charge in [-0.05, 0) is 68.1 Å². The number of rotatable bonds is 2. The largest absolute Gasteiger partial charge is 0.416 e. The molecule has 2 aliphatic rings. The summed E-state index contributed by atoms with van der Waals surface area (Å²) < 4.78 is 38.4. The van der Waals surface area contributed by atoms with Crippen molar-refractivity contribution in [2.24, 2.45) is 0 Å². The molecule has 0 unspecified atom stereocenters. The second-order valence-electron chi connectivity index (χ2n) is 7.60. The summed E-state index contributed by atoms with van der Waals surface area (Å²) >= 11 is 0. The maximum absolute atomic E-state index is 12.8. The van der Waals surface area contributed by atoms with Crippen molar-refractivity contribution in [2.75, 3.05) is 13.6 Å². The van der Waals surface area contributed by atoms with E-state index in [0.29, 0.717) is 5.56 Å². The molecule has 1 spiro atoms. The number of pyridine rings is 1. The number of piperidine rings is 1. The number of nitrogens with one attached hydrogen (secondary N) is 1. The highest BCUT2D eigenvalue weighted by molar-refractivity contribution is 5.87. The number of hydrogen-bond donors (Lipinski definition) is 1. The topological polar surface area (TPSA) is 45.2 Å². The predicted molar refractivity (Wildman–Crippen MR) is 99.4 cm³/mol. The zero-order chi connectivity index (χ0) is 19.9. The Balaban J connectivity index is 1.60. The highest BCUT2D eigenvalue weighted by Gasteiger charge is 2.51. The van der Waals surface area contributed by atoms with Crippen molar-refractivity contribution >= 4 is 5.91 Å². The molecule has 2 fully saturated rings. The summed E-state index contributed by atoms with van der Waals surface area (Å²) in [6, 6.07) is 8.88. The molecular weight excluding hydrogens is 367 g/mol. The van der Waals surface area contributed by atoms with Crippen LogP contribution < -0.4 is 5.32 Å². The molecule has 2 aromatic rings. The van der Waals surface area contributed by atoms with Gasteiger partial charge in [-0.15, -0.1) is 0 Å². The molecule has 0 bridgehead atoms. The van der Waals surface area contributed by atoms with Crippen molar-refractivity contribution in [2.45, 2.75) is 43.4 Å². The summed E-state index contributed by atoms with van der Waals surface area (Å²) in [4.78, 5) is 19.2. The van der Waals surface area contributed by atoms with E-state index in [-0.39, 0.29) is 11.9 Å². The Hall–Kier alpha value is -2.41. The maximum atomic E-state index is 12.8. The highest BCUT2D eigenvalue weighted by Crippen LogP contribution is 2.44. The summed E-state index contributed by atoms with van der Waals surface area (Å²) in [6.45, 7) is 0.723. The number of nitrogens with zero attached hydrogens (tertiary/aromatic N) is 2. The Labute approximate surface area is 161 Å². The fourth-order valence-corrected chi connectivity index (χ4v) is 4.49. The van der Waals surface area contributed by atoms with Gasteiger partial charge in [0.15, 0.2) is 0 Å². The van der Waals surface area contributed by atoms with Crippen molar-refractivity contribution in [3.8, 4) is 11.1 Å². The number of likely N-dealkylation sites (tertiary alicyclic amines) is 1. The lowest BCUT2D eigenvalue weighted by Crippen LogP contribution is -2.57. The first kappa shape index (κ1) is 18.9. The molecule has 1 amide bonds. The van der Waals surface area contributed by atoms with Crippen LogP contribution in [0.1, 0.15) is 43.0 Å². The van der Waals surface area contributed by atoms with Crippen LogP contribution in [0.15, 0.2) is 42.6 Å². The number of likely N-dealkylation sites (N-methyl/N-ethyl adjacent to an activating group) is 1. The molecular formula is C21H22F3N3O. The van der Waals surface area contributed by atoms with Gasteiger partial charge in [0.2, 0.25) is 5.91 Å². The third-order valence-corrected chi connectivity index (χ3v) is 6.12. The molecule has 2 atom stereocenters. The molecule has 7 heteroatoms. The van der Waals surface area contributed by atoms with Crippen LogP contribution in [-0.4, -0.2) is 34.9 Å². The fraction of sp³-hybridized carbons (Fsp3) is 0.429. The molecule has 4 nitrogen and oxygen atoms in total. The molecule has 1 N–H and O–H groups in total. The first-order valence-electron chi connectivity index (χ1n) is 9.46. The number of benzene rings is 1. The van der Waals surface area contributed by atoms with E-state index in [1.165, 1.54) is 12.1 Å². The number of amides is 1. The minimum Gasteiger partial charge on any atom is -0.354 e. The highest BCUT2D eigenvalue weighted by atomic mass is 19.4. The van der Waals surface area contributed by atoms with E-state index >= 15 is 0 Å². The fourth-order valence-electron chi connectivity index (χ4n) is 4.49. The zero-order valence-corrected chi connectivity index (χ0v) is 15.6. The van der Waals surface area contributed by atoms with Gasteiger partial charge in [0.1, 0.15) is 5.54 Å². The summed E-state index contributed by atoms with van der Waals surface area (Å²) in [5.41, 5.74) is 1.24. The summed E-state index contributed by atoms with van der Waals surface area (Å²) in [6.07, 6.45) is 0.747. The first-order chi connectivity index (χ1) is 13.3. The number of carbonyl (C=O) groups is 1. The Morgan fingerprint density at radius 1 is 1.14 bits per heavy atom. The number of halogens is 3. The smallest absolute Gasteiger partial charge is 0.354 e. The molecule has 148 valence electrons. The number of carbonyl (C=O) groups excluding carboxylic acids is 1. The molecule has 0 aliphatic carbocycles. The van der Waals surface area contributed by atoms with Gasteiger partial charge in [-0.25, -0.2) is 0 Å². The molecule has 0 saturated carbocycles. The number of hydrogen-bond acceptors (Lipinski definition) is 3. The van der Waals surface area contributed by atoms with E-state index in [9.17, 15) is 18.0 Å². The minimum absolute atomic E-state index is 0.0123. The summed E-state index contributed by atoms with van der Waals surface area (Å²) in [5, 5.41) is 2.98.